The molecule has 2 atom stereocenters. The Morgan fingerprint density at radius 3 is 3.08 bits per heavy atom. The number of rotatable bonds is 6. The number of aromatic nitrogens is 2. The monoisotopic (exact) mass is 336 g/mol. The van der Waals surface area contributed by atoms with Gasteiger partial charge in [-0.2, -0.15) is 5.10 Å². The number of hydrogen-bond acceptors (Lipinski definition) is 5. The molecule has 0 aliphatic carbocycles. The van der Waals surface area contributed by atoms with Crippen molar-refractivity contribution in [3.05, 3.63) is 18.0 Å². The molecule has 1 fully saturated rings. The van der Waals surface area contributed by atoms with Crippen molar-refractivity contribution in [3.8, 4) is 0 Å². The Morgan fingerprint density at radius 2 is 2.33 bits per heavy atom. The van der Waals surface area contributed by atoms with Gasteiger partial charge in [-0.3, -0.25) is 9.48 Å². The molecule has 0 bridgehead atoms. The number of likely N-dealkylation sites (N-methyl/N-ethyl adjacent to an activating group) is 1. The van der Waals surface area contributed by atoms with E-state index in [0.717, 1.165) is 31.6 Å². The van der Waals surface area contributed by atoms with E-state index in [2.05, 4.69) is 10.00 Å². The second-order valence-electron chi connectivity index (χ2n) is 6.97. The molecule has 7 nitrogen and oxygen atoms in total. The number of carbonyl (C=O) groups excluding carboxylic acids is 1. The summed E-state index contributed by atoms with van der Waals surface area (Å²) < 4.78 is 13.4. The molecule has 0 spiro atoms. The summed E-state index contributed by atoms with van der Waals surface area (Å²) in [5.74, 6) is 0.360. The van der Waals surface area contributed by atoms with E-state index >= 15 is 0 Å². The molecule has 1 saturated heterocycles. The van der Waals surface area contributed by atoms with Gasteiger partial charge in [0.25, 0.3) is 5.91 Å². The molecule has 2 aliphatic rings. The molecule has 134 valence electrons. The van der Waals surface area contributed by atoms with Crippen molar-refractivity contribution in [2.24, 2.45) is 5.92 Å². The molecule has 1 amide bonds. The van der Waals surface area contributed by atoms with Gasteiger partial charge >= 0.3 is 0 Å². The van der Waals surface area contributed by atoms with Crippen molar-refractivity contribution in [1.29, 1.82) is 0 Å². The Kier molecular flexibility index (Phi) is 5.86. The molecular formula is C17H28N4O3. The molecule has 0 aromatic carbocycles. The Bertz CT molecular complexity index is 540. The molecule has 7 heteroatoms. The lowest BCUT2D eigenvalue weighted by Crippen LogP contribution is -2.41. The normalized spacial score (nSPS) is 24.2. The first kappa shape index (κ1) is 17.4. The number of carbonyl (C=O) groups is 1. The fraction of sp³-hybridized carbons (Fsp3) is 0.765. The summed E-state index contributed by atoms with van der Waals surface area (Å²) in [6, 6.07) is 1.99. The summed E-state index contributed by atoms with van der Waals surface area (Å²) in [7, 11) is 4.07. The van der Waals surface area contributed by atoms with Crippen LogP contribution >= 0.6 is 0 Å². The Morgan fingerprint density at radius 1 is 1.46 bits per heavy atom. The van der Waals surface area contributed by atoms with E-state index in [0.29, 0.717) is 32.9 Å². The van der Waals surface area contributed by atoms with Gasteiger partial charge in [0, 0.05) is 38.4 Å². The van der Waals surface area contributed by atoms with Crippen LogP contribution in [0.15, 0.2) is 12.3 Å². The highest BCUT2D eigenvalue weighted by atomic mass is 16.5. The van der Waals surface area contributed by atoms with E-state index in [1.807, 2.05) is 29.7 Å². The summed E-state index contributed by atoms with van der Waals surface area (Å²) in [5, 5.41) is 4.40. The number of amides is 1. The van der Waals surface area contributed by atoms with E-state index in [1.54, 1.807) is 6.20 Å². The predicted octanol–water partition coefficient (Wildman–Crippen LogP) is 0.599. The molecule has 3 rings (SSSR count). The van der Waals surface area contributed by atoms with Crippen LogP contribution in [0.5, 0.6) is 0 Å². The van der Waals surface area contributed by atoms with Gasteiger partial charge in [0.15, 0.2) is 0 Å². The molecule has 2 aliphatic heterocycles. The van der Waals surface area contributed by atoms with Gasteiger partial charge in [-0.1, -0.05) is 0 Å². The van der Waals surface area contributed by atoms with E-state index in [4.69, 9.17) is 9.47 Å². The minimum absolute atomic E-state index is 0.112. The number of fused-ring (bicyclic) bond motifs is 1. The summed E-state index contributed by atoms with van der Waals surface area (Å²) >= 11 is 0. The lowest BCUT2D eigenvalue weighted by atomic mass is 10.1. The van der Waals surface area contributed by atoms with Gasteiger partial charge in [-0.15, -0.1) is 0 Å². The van der Waals surface area contributed by atoms with Crippen LogP contribution < -0.4 is 0 Å². The smallest absolute Gasteiger partial charge is 0.252 e. The number of nitrogens with zero attached hydrogens (tertiary/aromatic N) is 4. The fourth-order valence-electron chi connectivity index (χ4n) is 3.28. The average molecular weight is 336 g/mol. The Balaban J connectivity index is 1.63. The third-order valence-corrected chi connectivity index (χ3v) is 4.62. The zero-order chi connectivity index (χ0) is 16.9. The molecule has 0 saturated carbocycles. The van der Waals surface area contributed by atoms with E-state index in [1.165, 1.54) is 0 Å². The number of ether oxygens (including phenoxy) is 2. The first-order valence-corrected chi connectivity index (χ1v) is 8.77. The summed E-state index contributed by atoms with van der Waals surface area (Å²) in [5.41, 5.74) is 1.08. The molecule has 0 radical (unpaired) electrons. The van der Waals surface area contributed by atoms with Crippen LogP contribution in [0.2, 0.25) is 0 Å². The zero-order valence-electron chi connectivity index (χ0n) is 14.7. The standard InChI is InChI=1S/C17H28N4O3/c1-19(2)7-9-23-13-14-10-20(17(22)16-4-3-8-24-16)12-15-5-6-18-21(15)11-14/h5-6,14,16H,3-4,7-13H2,1-2H3/t14?,16-/m0/s1. The molecule has 0 N–H and O–H groups in total. The van der Waals surface area contributed by atoms with Crippen LogP contribution in [-0.2, 0) is 27.4 Å². The third kappa shape index (κ3) is 4.34. The maximum atomic E-state index is 12.8. The molecule has 3 heterocycles. The number of hydrogen-bond donors (Lipinski definition) is 0. The third-order valence-electron chi connectivity index (χ3n) is 4.62. The minimum Gasteiger partial charge on any atom is -0.380 e. The van der Waals surface area contributed by atoms with Crippen molar-refractivity contribution in [1.82, 2.24) is 19.6 Å². The van der Waals surface area contributed by atoms with Crippen LogP contribution in [0, 0.1) is 5.92 Å². The topological polar surface area (TPSA) is 59.8 Å². The molecule has 1 aromatic heterocycles. The van der Waals surface area contributed by atoms with E-state index in [-0.39, 0.29) is 17.9 Å². The largest absolute Gasteiger partial charge is 0.380 e. The molecule has 1 unspecified atom stereocenters. The highest BCUT2D eigenvalue weighted by Crippen LogP contribution is 2.21. The molecule has 1 aromatic rings. The van der Waals surface area contributed by atoms with Crippen LogP contribution in [0.25, 0.3) is 0 Å². The zero-order valence-corrected chi connectivity index (χ0v) is 14.7. The van der Waals surface area contributed by atoms with Crippen LogP contribution in [0.1, 0.15) is 18.5 Å². The maximum absolute atomic E-state index is 12.8. The minimum atomic E-state index is -0.269. The lowest BCUT2D eigenvalue weighted by Gasteiger charge is -2.26. The second kappa shape index (κ2) is 8.09. The van der Waals surface area contributed by atoms with Crippen molar-refractivity contribution in [3.63, 3.8) is 0 Å². The van der Waals surface area contributed by atoms with Gasteiger partial charge in [0.05, 0.1) is 25.5 Å². The predicted molar refractivity (Wildman–Crippen MR) is 89.5 cm³/mol. The van der Waals surface area contributed by atoms with E-state index < -0.39 is 0 Å². The Labute approximate surface area is 143 Å². The van der Waals surface area contributed by atoms with Crippen LogP contribution in [0.4, 0.5) is 0 Å². The fourth-order valence-corrected chi connectivity index (χ4v) is 3.28. The highest BCUT2D eigenvalue weighted by molar-refractivity contribution is 5.81. The van der Waals surface area contributed by atoms with Crippen molar-refractivity contribution < 1.29 is 14.3 Å². The second-order valence-corrected chi connectivity index (χ2v) is 6.97. The first-order chi connectivity index (χ1) is 11.6. The molecule has 24 heavy (non-hydrogen) atoms. The van der Waals surface area contributed by atoms with Crippen molar-refractivity contribution >= 4 is 5.91 Å². The van der Waals surface area contributed by atoms with Gasteiger partial charge < -0.3 is 19.3 Å². The summed E-state index contributed by atoms with van der Waals surface area (Å²) in [6.07, 6.45) is 3.34. The Hall–Kier alpha value is -1.44. The summed E-state index contributed by atoms with van der Waals surface area (Å²) in [6.45, 7) is 5.03. The average Bonchev–Trinajstić information content (AvgIpc) is 3.19. The van der Waals surface area contributed by atoms with Gasteiger partial charge in [-0.05, 0) is 33.0 Å². The van der Waals surface area contributed by atoms with Gasteiger partial charge in [0.1, 0.15) is 6.10 Å². The van der Waals surface area contributed by atoms with Crippen molar-refractivity contribution in [2.75, 3.05) is 47.0 Å². The maximum Gasteiger partial charge on any atom is 0.252 e. The quantitative estimate of drug-likeness (QED) is 0.712. The summed E-state index contributed by atoms with van der Waals surface area (Å²) in [4.78, 5) is 16.8. The first-order valence-electron chi connectivity index (χ1n) is 8.77. The van der Waals surface area contributed by atoms with Gasteiger partial charge in [0.2, 0.25) is 0 Å². The SMILES string of the molecule is CN(C)CCOCC1CN(C(=O)[C@@H]2CCCO2)Cc2ccnn2C1. The molecular weight excluding hydrogens is 308 g/mol. The highest BCUT2D eigenvalue weighted by Gasteiger charge is 2.32. The van der Waals surface area contributed by atoms with Crippen LogP contribution in [-0.4, -0.2) is 78.6 Å². The van der Waals surface area contributed by atoms with Crippen LogP contribution in [0.3, 0.4) is 0 Å². The van der Waals surface area contributed by atoms with Gasteiger partial charge in [-0.25, -0.2) is 0 Å². The lowest BCUT2D eigenvalue weighted by molar-refractivity contribution is -0.142. The van der Waals surface area contributed by atoms with E-state index in [9.17, 15) is 4.79 Å². The van der Waals surface area contributed by atoms with Crippen molar-refractivity contribution in [2.45, 2.75) is 32.0 Å².